The van der Waals surface area contributed by atoms with Crippen molar-refractivity contribution >= 4 is 5.95 Å². The first-order valence-electron chi connectivity index (χ1n) is 6.05. The van der Waals surface area contributed by atoms with Gasteiger partial charge in [0.05, 0.1) is 7.11 Å². The Hall–Kier alpha value is -2.17. The zero-order valence-electron chi connectivity index (χ0n) is 10.9. The maximum Gasteiger partial charge on any atom is 0.226 e. The fourth-order valence-electron chi connectivity index (χ4n) is 1.81. The summed E-state index contributed by atoms with van der Waals surface area (Å²) in [6, 6.07) is 8.35. The van der Waals surface area contributed by atoms with Crippen molar-refractivity contribution in [1.29, 1.82) is 0 Å². The third-order valence-corrected chi connectivity index (χ3v) is 2.65. The average molecular weight is 261 g/mol. The standard InChI is InChI=1S/C14H16FN3O/c1-10(8-11-4-3-5-12(15)9-11)17-14-16-7-6-13(18-14)19-2/h3-7,9-10H,8H2,1-2H3,(H,16,17,18). The molecule has 2 aromatic rings. The third-order valence-electron chi connectivity index (χ3n) is 2.65. The van der Waals surface area contributed by atoms with Crippen LogP contribution in [0.2, 0.25) is 0 Å². The lowest BCUT2D eigenvalue weighted by molar-refractivity contribution is 0.397. The summed E-state index contributed by atoms with van der Waals surface area (Å²) in [5, 5.41) is 3.16. The second-order valence-electron chi connectivity index (χ2n) is 4.30. The van der Waals surface area contributed by atoms with Crippen molar-refractivity contribution in [2.45, 2.75) is 19.4 Å². The number of hydrogen-bond acceptors (Lipinski definition) is 4. The lowest BCUT2D eigenvalue weighted by Crippen LogP contribution is -2.19. The number of benzene rings is 1. The van der Waals surface area contributed by atoms with Gasteiger partial charge < -0.3 is 10.1 Å². The second kappa shape index (κ2) is 6.13. The summed E-state index contributed by atoms with van der Waals surface area (Å²) < 4.78 is 18.1. The molecule has 1 N–H and O–H groups in total. The normalized spacial score (nSPS) is 11.9. The summed E-state index contributed by atoms with van der Waals surface area (Å²) in [5.74, 6) is 0.793. The Morgan fingerprint density at radius 2 is 2.21 bits per heavy atom. The van der Waals surface area contributed by atoms with Gasteiger partial charge in [0.15, 0.2) is 0 Å². The Morgan fingerprint density at radius 3 is 2.95 bits per heavy atom. The van der Waals surface area contributed by atoms with Crippen LogP contribution in [0.5, 0.6) is 5.88 Å². The summed E-state index contributed by atoms with van der Waals surface area (Å²) in [7, 11) is 1.56. The molecule has 0 aliphatic heterocycles. The van der Waals surface area contributed by atoms with Crippen molar-refractivity contribution in [1.82, 2.24) is 9.97 Å². The molecule has 100 valence electrons. The zero-order valence-corrected chi connectivity index (χ0v) is 10.9. The molecule has 4 nitrogen and oxygen atoms in total. The summed E-state index contributed by atoms with van der Waals surface area (Å²) >= 11 is 0. The van der Waals surface area contributed by atoms with Gasteiger partial charge in [-0.3, -0.25) is 0 Å². The Labute approximate surface area is 111 Å². The van der Waals surface area contributed by atoms with Crippen LogP contribution in [-0.4, -0.2) is 23.1 Å². The van der Waals surface area contributed by atoms with E-state index < -0.39 is 0 Å². The number of halogens is 1. The smallest absolute Gasteiger partial charge is 0.226 e. The Kier molecular flexibility index (Phi) is 4.28. The van der Waals surface area contributed by atoms with Gasteiger partial charge in [0.1, 0.15) is 5.82 Å². The molecule has 5 heteroatoms. The molecular weight excluding hydrogens is 245 g/mol. The molecular formula is C14H16FN3O. The van der Waals surface area contributed by atoms with E-state index in [1.165, 1.54) is 12.1 Å². The van der Waals surface area contributed by atoms with Crippen molar-refractivity contribution < 1.29 is 9.13 Å². The van der Waals surface area contributed by atoms with E-state index in [0.717, 1.165) is 5.56 Å². The summed E-state index contributed by atoms with van der Waals surface area (Å²) in [6.07, 6.45) is 2.32. The van der Waals surface area contributed by atoms with Gasteiger partial charge in [-0.2, -0.15) is 4.98 Å². The van der Waals surface area contributed by atoms with E-state index in [0.29, 0.717) is 18.2 Å². The van der Waals surface area contributed by atoms with Crippen molar-refractivity contribution in [3.63, 3.8) is 0 Å². The van der Waals surface area contributed by atoms with Crippen molar-refractivity contribution in [3.8, 4) is 5.88 Å². The highest BCUT2D eigenvalue weighted by atomic mass is 19.1. The minimum absolute atomic E-state index is 0.0916. The van der Waals surface area contributed by atoms with Crippen LogP contribution in [0, 0.1) is 5.82 Å². The highest BCUT2D eigenvalue weighted by Gasteiger charge is 2.07. The predicted octanol–water partition coefficient (Wildman–Crippen LogP) is 2.67. The van der Waals surface area contributed by atoms with Gasteiger partial charge in [-0.05, 0) is 31.0 Å². The number of nitrogens with zero attached hydrogens (tertiary/aromatic N) is 2. The van der Waals surface area contributed by atoms with Gasteiger partial charge in [-0.1, -0.05) is 12.1 Å². The van der Waals surface area contributed by atoms with Crippen molar-refractivity contribution in [2.24, 2.45) is 0 Å². The van der Waals surface area contributed by atoms with E-state index in [-0.39, 0.29) is 11.9 Å². The van der Waals surface area contributed by atoms with E-state index >= 15 is 0 Å². The minimum atomic E-state index is -0.220. The van der Waals surface area contributed by atoms with Crippen LogP contribution in [0.3, 0.4) is 0 Å². The molecule has 0 saturated carbocycles. The van der Waals surface area contributed by atoms with E-state index in [4.69, 9.17) is 4.74 Å². The summed E-state index contributed by atoms with van der Waals surface area (Å²) in [6.45, 7) is 1.99. The molecule has 2 rings (SSSR count). The van der Waals surface area contributed by atoms with E-state index in [2.05, 4.69) is 15.3 Å². The number of hydrogen-bond donors (Lipinski definition) is 1. The van der Waals surface area contributed by atoms with Gasteiger partial charge in [-0.15, -0.1) is 0 Å². The average Bonchev–Trinajstić information content (AvgIpc) is 2.38. The van der Waals surface area contributed by atoms with E-state index in [1.54, 1.807) is 25.4 Å². The number of anilines is 1. The van der Waals surface area contributed by atoms with E-state index in [9.17, 15) is 4.39 Å². The number of nitrogens with one attached hydrogen (secondary N) is 1. The topological polar surface area (TPSA) is 47.0 Å². The van der Waals surface area contributed by atoms with Gasteiger partial charge in [-0.25, -0.2) is 9.37 Å². The summed E-state index contributed by atoms with van der Waals surface area (Å²) in [4.78, 5) is 8.28. The lowest BCUT2D eigenvalue weighted by atomic mass is 10.1. The minimum Gasteiger partial charge on any atom is -0.481 e. The van der Waals surface area contributed by atoms with Gasteiger partial charge in [0.25, 0.3) is 0 Å². The van der Waals surface area contributed by atoms with Crippen LogP contribution >= 0.6 is 0 Å². The molecule has 0 fully saturated rings. The number of ether oxygens (including phenoxy) is 1. The largest absolute Gasteiger partial charge is 0.481 e. The highest BCUT2D eigenvalue weighted by Crippen LogP contribution is 2.11. The summed E-state index contributed by atoms with van der Waals surface area (Å²) in [5.41, 5.74) is 0.933. The van der Waals surface area contributed by atoms with Gasteiger partial charge >= 0.3 is 0 Å². The maximum absolute atomic E-state index is 13.1. The molecule has 1 aromatic heterocycles. The monoisotopic (exact) mass is 261 g/mol. The molecule has 0 aliphatic carbocycles. The first-order chi connectivity index (χ1) is 9.17. The Bertz CT molecular complexity index is 548. The quantitative estimate of drug-likeness (QED) is 0.899. The molecule has 19 heavy (non-hydrogen) atoms. The Balaban J connectivity index is 1.98. The molecule has 0 spiro atoms. The van der Waals surface area contributed by atoms with Crippen LogP contribution in [0.25, 0.3) is 0 Å². The molecule has 0 amide bonds. The van der Waals surface area contributed by atoms with Crippen molar-refractivity contribution in [3.05, 3.63) is 47.9 Å². The van der Waals surface area contributed by atoms with Crippen LogP contribution in [-0.2, 0) is 6.42 Å². The Morgan fingerprint density at radius 1 is 1.37 bits per heavy atom. The SMILES string of the molecule is COc1ccnc(NC(C)Cc2cccc(F)c2)n1. The predicted molar refractivity (Wildman–Crippen MR) is 71.8 cm³/mol. The zero-order chi connectivity index (χ0) is 13.7. The molecule has 0 saturated heterocycles. The fourth-order valence-corrected chi connectivity index (χ4v) is 1.81. The van der Waals surface area contributed by atoms with Gasteiger partial charge in [0, 0.05) is 18.3 Å². The number of rotatable bonds is 5. The lowest BCUT2D eigenvalue weighted by Gasteiger charge is -2.14. The van der Waals surface area contributed by atoms with Crippen LogP contribution in [0.4, 0.5) is 10.3 Å². The molecule has 1 unspecified atom stereocenters. The molecule has 1 aromatic carbocycles. The molecule has 0 radical (unpaired) electrons. The van der Waals surface area contributed by atoms with Crippen LogP contribution in [0.15, 0.2) is 36.5 Å². The molecule has 0 aliphatic rings. The fraction of sp³-hybridized carbons (Fsp3) is 0.286. The highest BCUT2D eigenvalue weighted by molar-refractivity contribution is 5.29. The molecule has 1 heterocycles. The van der Waals surface area contributed by atoms with Gasteiger partial charge in [0.2, 0.25) is 11.8 Å². The van der Waals surface area contributed by atoms with E-state index in [1.807, 2.05) is 13.0 Å². The molecule has 0 bridgehead atoms. The number of aromatic nitrogens is 2. The number of methoxy groups -OCH3 is 1. The van der Waals surface area contributed by atoms with Crippen LogP contribution in [0.1, 0.15) is 12.5 Å². The first-order valence-corrected chi connectivity index (χ1v) is 6.05. The third kappa shape index (κ3) is 3.91. The maximum atomic E-state index is 13.1. The molecule has 1 atom stereocenters. The van der Waals surface area contributed by atoms with Crippen LogP contribution < -0.4 is 10.1 Å². The van der Waals surface area contributed by atoms with Crippen molar-refractivity contribution in [2.75, 3.05) is 12.4 Å². The first kappa shape index (κ1) is 13.3. The second-order valence-corrected chi connectivity index (χ2v) is 4.30.